The monoisotopic (exact) mass is 546 g/mol. The predicted octanol–water partition coefficient (Wildman–Crippen LogP) is 5.48. The summed E-state index contributed by atoms with van der Waals surface area (Å²) in [6.45, 7) is 20.6. The molecule has 8 nitrogen and oxygen atoms in total. The Balaban J connectivity index is 2.31. The van der Waals surface area contributed by atoms with Gasteiger partial charge in [0.1, 0.15) is 24.4 Å². The number of carbonyl (C=O) groups excluding carboxylic acids is 4. The molecule has 3 rings (SSSR count). The highest BCUT2D eigenvalue weighted by Crippen LogP contribution is 2.60. The van der Waals surface area contributed by atoms with Gasteiger partial charge in [-0.1, -0.05) is 46.8 Å². The molecular formula is C31H46O8. The first-order chi connectivity index (χ1) is 18.0. The molecule has 8 unspecified atom stereocenters. The first kappa shape index (κ1) is 30.9. The van der Waals surface area contributed by atoms with Crippen LogP contribution in [0.2, 0.25) is 0 Å². The summed E-state index contributed by atoms with van der Waals surface area (Å²) in [5.74, 6) is -2.59. The summed E-state index contributed by atoms with van der Waals surface area (Å²) >= 11 is 0. The molecule has 0 N–H and O–H groups in total. The van der Waals surface area contributed by atoms with Gasteiger partial charge in [-0.25, -0.2) is 0 Å². The first-order valence-electron chi connectivity index (χ1n) is 14.1. The molecule has 8 atom stereocenters. The minimum atomic E-state index is -0.836. The molecule has 0 spiro atoms. The number of fused-ring (bicyclic) bond motifs is 3. The van der Waals surface area contributed by atoms with Gasteiger partial charge >= 0.3 is 23.9 Å². The van der Waals surface area contributed by atoms with Gasteiger partial charge in [0.05, 0.1) is 5.92 Å². The van der Waals surface area contributed by atoms with Crippen molar-refractivity contribution in [1.82, 2.24) is 0 Å². The fourth-order valence-corrected chi connectivity index (χ4v) is 7.47. The Hall–Kier alpha value is -2.64. The Morgan fingerprint density at radius 1 is 0.949 bits per heavy atom. The molecule has 0 aromatic carbocycles. The highest BCUT2D eigenvalue weighted by Gasteiger charge is 2.62. The summed E-state index contributed by atoms with van der Waals surface area (Å²) in [6, 6.07) is 0. The maximum absolute atomic E-state index is 13.4. The first-order valence-corrected chi connectivity index (χ1v) is 14.1. The number of ether oxygens (including phenoxy) is 4. The molecule has 218 valence electrons. The molecule has 0 aliphatic heterocycles. The van der Waals surface area contributed by atoms with Crippen molar-refractivity contribution in [3.8, 4) is 0 Å². The second-order valence-electron chi connectivity index (χ2n) is 12.6. The van der Waals surface area contributed by atoms with E-state index in [0.717, 1.165) is 24.0 Å². The van der Waals surface area contributed by atoms with E-state index in [1.165, 1.54) is 20.8 Å². The molecule has 0 radical (unpaired) electrons. The van der Waals surface area contributed by atoms with Crippen LogP contribution >= 0.6 is 0 Å². The van der Waals surface area contributed by atoms with Crippen molar-refractivity contribution in [2.24, 2.45) is 28.6 Å². The van der Waals surface area contributed by atoms with Crippen molar-refractivity contribution >= 4 is 23.9 Å². The molecular weight excluding hydrogens is 500 g/mol. The van der Waals surface area contributed by atoms with E-state index < -0.39 is 59.1 Å². The van der Waals surface area contributed by atoms with Crippen molar-refractivity contribution in [3.63, 3.8) is 0 Å². The van der Waals surface area contributed by atoms with E-state index in [1.54, 1.807) is 0 Å². The third-order valence-electron chi connectivity index (χ3n) is 9.46. The van der Waals surface area contributed by atoms with Crippen molar-refractivity contribution in [2.75, 3.05) is 0 Å². The van der Waals surface area contributed by atoms with Gasteiger partial charge in [-0.2, -0.15) is 0 Å². The molecule has 8 heteroatoms. The van der Waals surface area contributed by atoms with E-state index >= 15 is 0 Å². The molecule has 0 aromatic heterocycles. The third kappa shape index (κ3) is 5.94. The summed E-state index contributed by atoms with van der Waals surface area (Å²) in [5, 5.41) is 0. The summed E-state index contributed by atoms with van der Waals surface area (Å²) in [7, 11) is 0. The Bertz CT molecular complexity index is 1050. The second-order valence-corrected chi connectivity index (χ2v) is 12.6. The number of allylic oxidation sites excluding steroid dienone is 1. The Morgan fingerprint density at radius 2 is 1.51 bits per heavy atom. The average Bonchev–Trinajstić information content (AvgIpc) is 2.79. The summed E-state index contributed by atoms with van der Waals surface area (Å²) < 4.78 is 24.1. The van der Waals surface area contributed by atoms with Crippen LogP contribution in [-0.4, -0.2) is 48.3 Å². The standard InChI is InChI=1S/C31H46O8/c1-11-16(2)29(35)39-28-22-13-12-17(3)26(30(22,8)9)24(37-20(6)33)15-31(10)25(38-21(7)34)14-23(36-19(5)32)18(4)27(28)31/h16,22-25,27-28H,4,11-15H2,1-3,5-10H3. The van der Waals surface area contributed by atoms with Crippen LogP contribution in [0.1, 0.15) is 94.4 Å². The molecule has 0 saturated heterocycles. The summed E-state index contributed by atoms with van der Waals surface area (Å²) in [6.07, 6.45) is 0.126. The normalized spacial score (nSPS) is 34.5. The lowest BCUT2D eigenvalue weighted by Crippen LogP contribution is -2.61. The van der Waals surface area contributed by atoms with Gasteiger partial charge in [0.25, 0.3) is 0 Å². The molecule has 2 bridgehead atoms. The van der Waals surface area contributed by atoms with E-state index in [2.05, 4.69) is 27.4 Å². The lowest BCUT2D eigenvalue weighted by Gasteiger charge is -2.59. The van der Waals surface area contributed by atoms with E-state index in [-0.39, 0.29) is 24.2 Å². The SMILES string of the molecule is C=C1C(OC(C)=O)CC(OC(C)=O)C2(C)CC(OC(C)=O)C3=C(C)CCC(C(OC(=O)C(C)CC)C12)C3(C)C. The number of esters is 4. The quantitative estimate of drug-likeness (QED) is 0.245. The van der Waals surface area contributed by atoms with Crippen LogP contribution in [0.15, 0.2) is 23.3 Å². The molecule has 3 aliphatic carbocycles. The summed E-state index contributed by atoms with van der Waals surface area (Å²) in [4.78, 5) is 50.2. The molecule has 0 heterocycles. The van der Waals surface area contributed by atoms with Crippen LogP contribution in [0, 0.1) is 28.6 Å². The largest absolute Gasteiger partial charge is 0.462 e. The zero-order valence-electron chi connectivity index (χ0n) is 25.1. The molecule has 39 heavy (non-hydrogen) atoms. The number of carbonyl (C=O) groups is 4. The predicted molar refractivity (Wildman–Crippen MR) is 145 cm³/mol. The molecule has 3 aliphatic rings. The highest BCUT2D eigenvalue weighted by molar-refractivity contribution is 5.72. The third-order valence-corrected chi connectivity index (χ3v) is 9.46. The van der Waals surface area contributed by atoms with E-state index in [9.17, 15) is 19.2 Å². The van der Waals surface area contributed by atoms with Crippen LogP contribution in [0.5, 0.6) is 0 Å². The van der Waals surface area contributed by atoms with E-state index in [4.69, 9.17) is 18.9 Å². The van der Waals surface area contributed by atoms with Crippen LogP contribution in [0.25, 0.3) is 0 Å². The van der Waals surface area contributed by atoms with E-state index in [1.807, 2.05) is 20.8 Å². The van der Waals surface area contributed by atoms with Gasteiger partial charge in [0.2, 0.25) is 0 Å². The fraction of sp³-hybridized carbons (Fsp3) is 0.742. The maximum atomic E-state index is 13.4. The average molecular weight is 547 g/mol. The fourth-order valence-electron chi connectivity index (χ4n) is 7.47. The summed E-state index contributed by atoms with van der Waals surface area (Å²) in [5.41, 5.74) is 1.51. The molecule has 0 amide bonds. The topological polar surface area (TPSA) is 105 Å². The highest BCUT2D eigenvalue weighted by atomic mass is 16.6. The Morgan fingerprint density at radius 3 is 2.05 bits per heavy atom. The lowest BCUT2D eigenvalue weighted by molar-refractivity contribution is -0.197. The Kier molecular flexibility index (Phi) is 9.08. The molecule has 0 aromatic rings. The van der Waals surface area contributed by atoms with Gasteiger partial charge in [-0.3, -0.25) is 19.2 Å². The van der Waals surface area contributed by atoms with Gasteiger partial charge in [0, 0.05) is 44.4 Å². The lowest BCUT2D eigenvalue weighted by atomic mass is 9.49. The van der Waals surface area contributed by atoms with Crippen LogP contribution < -0.4 is 0 Å². The van der Waals surface area contributed by atoms with Crippen molar-refractivity contribution in [2.45, 2.75) is 119 Å². The molecule has 2 saturated carbocycles. The zero-order valence-corrected chi connectivity index (χ0v) is 25.1. The number of hydrogen-bond donors (Lipinski definition) is 0. The minimum Gasteiger partial charge on any atom is -0.462 e. The van der Waals surface area contributed by atoms with Crippen LogP contribution in [0.4, 0.5) is 0 Å². The van der Waals surface area contributed by atoms with E-state index in [0.29, 0.717) is 18.4 Å². The zero-order chi connectivity index (χ0) is 29.4. The van der Waals surface area contributed by atoms with Gasteiger partial charge < -0.3 is 18.9 Å². The Labute approximate surface area is 232 Å². The maximum Gasteiger partial charge on any atom is 0.308 e. The van der Waals surface area contributed by atoms with Gasteiger partial charge in [-0.05, 0) is 49.2 Å². The molecule has 2 fully saturated rings. The number of hydrogen-bond acceptors (Lipinski definition) is 8. The number of rotatable bonds is 6. The second kappa shape index (κ2) is 11.5. The van der Waals surface area contributed by atoms with Gasteiger partial charge in [0.15, 0.2) is 0 Å². The van der Waals surface area contributed by atoms with Crippen LogP contribution in [-0.2, 0) is 38.1 Å². The van der Waals surface area contributed by atoms with Crippen molar-refractivity contribution in [3.05, 3.63) is 23.3 Å². The smallest absolute Gasteiger partial charge is 0.308 e. The van der Waals surface area contributed by atoms with Crippen molar-refractivity contribution in [1.29, 1.82) is 0 Å². The minimum absolute atomic E-state index is 0.141. The van der Waals surface area contributed by atoms with Gasteiger partial charge in [-0.15, -0.1) is 0 Å². The van der Waals surface area contributed by atoms with Crippen LogP contribution in [0.3, 0.4) is 0 Å². The van der Waals surface area contributed by atoms with Crippen molar-refractivity contribution < 1.29 is 38.1 Å².